The van der Waals surface area contributed by atoms with Crippen LogP contribution in [0.4, 0.5) is 0 Å². The molecule has 0 aliphatic heterocycles. The number of amides is 1. The number of nitrogens with two attached hydrogens (primary N) is 1. The summed E-state index contributed by atoms with van der Waals surface area (Å²) < 4.78 is 1.05. The number of carbonyl (C=O) groups is 1. The maximum absolute atomic E-state index is 11.0. The maximum Gasteiger partial charge on any atom is 0.225 e. The van der Waals surface area contributed by atoms with Crippen molar-refractivity contribution in [3.8, 4) is 0 Å². The fourth-order valence-corrected chi connectivity index (χ4v) is 2.10. The summed E-state index contributed by atoms with van der Waals surface area (Å²) in [6.45, 7) is 0. The quantitative estimate of drug-likeness (QED) is 0.797. The Morgan fingerprint density at radius 2 is 2.31 bits per heavy atom. The SMILES string of the molecule is NC(=O)[C@@H]1[CH]Cc2cc(Br)ccc21. The van der Waals surface area contributed by atoms with E-state index < -0.39 is 0 Å². The fourth-order valence-electron chi connectivity index (χ4n) is 1.70. The third-order valence-electron chi connectivity index (χ3n) is 2.32. The van der Waals surface area contributed by atoms with Gasteiger partial charge in [0.2, 0.25) is 5.91 Å². The van der Waals surface area contributed by atoms with Crippen LogP contribution in [0.25, 0.3) is 0 Å². The number of halogens is 1. The fraction of sp³-hybridized carbons (Fsp3) is 0.200. The van der Waals surface area contributed by atoms with Crippen molar-refractivity contribution < 1.29 is 4.79 Å². The number of benzene rings is 1. The van der Waals surface area contributed by atoms with E-state index in [1.54, 1.807) is 0 Å². The lowest BCUT2D eigenvalue weighted by Crippen LogP contribution is -2.19. The zero-order valence-corrected chi connectivity index (χ0v) is 8.54. The lowest BCUT2D eigenvalue weighted by molar-refractivity contribution is -0.118. The van der Waals surface area contributed by atoms with Crippen LogP contribution in [0.1, 0.15) is 17.0 Å². The van der Waals surface area contributed by atoms with E-state index in [2.05, 4.69) is 15.9 Å². The van der Waals surface area contributed by atoms with Crippen LogP contribution >= 0.6 is 15.9 Å². The highest BCUT2D eigenvalue weighted by molar-refractivity contribution is 9.10. The topological polar surface area (TPSA) is 43.1 Å². The lowest BCUT2D eigenvalue weighted by atomic mass is 10.0. The van der Waals surface area contributed by atoms with Gasteiger partial charge in [0.05, 0.1) is 5.92 Å². The summed E-state index contributed by atoms with van der Waals surface area (Å²) in [4.78, 5) is 11.0. The number of hydrogen-bond acceptors (Lipinski definition) is 1. The van der Waals surface area contributed by atoms with E-state index in [9.17, 15) is 4.79 Å². The summed E-state index contributed by atoms with van der Waals surface area (Å²) in [6.07, 6.45) is 2.79. The third-order valence-corrected chi connectivity index (χ3v) is 2.81. The minimum atomic E-state index is -0.263. The van der Waals surface area contributed by atoms with Crippen LogP contribution in [0.2, 0.25) is 0 Å². The summed E-state index contributed by atoms with van der Waals surface area (Å²) in [5.74, 6) is -0.454. The van der Waals surface area contributed by atoms with Crippen molar-refractivity contribution in [3.05, 3.63) is 40.2 Å². The van der Waals surface area contributed by atoms with Gasteiger partial charge in [-0.05, 0) is 36.1 Å². The first-order valence-corrected chi connectivity index (χ1v) is 4.89. The molecule has 0 saturated heterocycles. The summed E-state index contributed by atoms with van der Waals surface area (Å²) in [5.41, 5.74) is 7.51. The maximum atomic E-state index is 11.0. The summed E-state index contributed by atoms with van der Waals surface area (Å²) in [5, 5.41) is 0. The minimum absolute atomic E-state index is 0.192. The molecule has 2 rings (SSSR count). The van der Waals surface area contributed by atoms with E-state index in [0.29, 0.717) is 0 Å². The second kappa shape index (κ2) is 3.14. The van der Waals surface area contributed by atoms with E-state index in [4.69, 9.17) is 5.73 Å². The Balaban J connectivity index is 2.44. The van der Waals surface area contributed by atoms with E-state index >= 15 is 0 Å². The van der Waals surface area contributed by atoms with Crippen molar-refractivity contribution in [2.24, 2.45) is 5.73 Å². The molecular weight excluding hydrogens is 230 g/mol. The molecule has 0 spiro atoms. The Bertz CT molecular complexity index is 362. The van der Waals surface area contributed by atoms with E-state index in [1.165, 1.54) is 5.56 Å². The highest BCUT2D eigenvalue weighted by Crippen LogP contribution is 2.33. The van der Waals surface area contributed by atoms with E-state index in [-0.39, 0.29) is 11.8 Å². The Morgan fingerprint density at radius 3 is 3.00 bits per heavy atom. The van der Waals surface area contributed by atoms with E-state index in [1.807, 2.05) is 24.6 Å². The number of primary amides is 1. The average Bonchev–Trinajstić information content (AvgIpc) is 2.46. The van der Waals surface area contributed by atoms with Crippen molar-refractivity contribution in [2.75, 3.05) is 0 Å². The molecular formula is C10H9BrNO. The molecule has 2 nitrogen and oxygen atoms in total. The zero-order chi connectivity index (χ0) is 9.42. The van der Waals surface area contributed by atoms with Gasteiger partial charge >= 0.3 is 0 Å². The average molecular weight is 239 g/mol. The standard InChI is InChI=1S/C10H9BrNO/c11-7-2-4-8-6(5-7)1-3-9(8)10(12)13/h2-5,9H,1H2,(H2,12,13)/t9-/m1/s1. The van der Waals surface area contributed by atoms with Crippen LogP contribution in [0.5, 0.6) is 0 Å². The highest BCUT2D eigenvalue weighted by atomic mass is 79.9. The summed E-state index contributed by atoms with van der Waals surface area (Å²) in [6, 6.07) is 5.93. The Morgan fingerprint density at radius 1 is 1.54 bits per heavy atom. The van der Waals surface area contributed by atoms with Crippen molar-refractivity contribution in [1.82, 2.24) is 0 Å². The Kier molecular flexibility index (Phi) is 2.12. The lowest BCUT2D eigenvalue weighted by Gasteiger charge is -2.05. The molecule has 0 heterocycles. The Labute approximate surface area is 85.3 Å². The van der Waals surface area contributed by atoms with Crippen molar-refractivity contribution in [3.63, 3.8) is 0 Å². The van der Waals surface area contributed by atoms with Crippen LogP contribution < -0.4 is 5.73 Å². The second-order valence-electron chi connectivity index (χ2n) is 3.16. The van der Waals surface area contributed by atoms with Gasteiger partial charge in [-0.15, -0.1) is 0 Å². The molecule has 0 saturated carbocycles. The molecule has 1 aliphatic rings. The normalized spacial score (nSPS) is 19.9. The van der Waals surface area contributed by atoms with Gasteiger partial charge in [0.15, 0.2) is 0 Å². The molecule has 0 unspecified atom stereocenters. The van der Waals surface area contributed by atoms with Crippen molar-refractivity contribution in [1.29, 1.82) is 0 Å². The molecule has 13 heavy (non-hydrogen) atoms. The molecule has 1 aliphatic carbocycles. The van der Waals surface area contributed by atoms with E-state index in [0.717, 1.165) is 16.5 Å². The van der Waals surface area contributed by atoms with Crippen LogP contribution in [0.3, 0.4) is 0 Å². The van der Waals surface area contributed by atoms with Gasteiger partial charge in [-0.25, -0.2) is 0 Å². The predicted octanol–water partition coefficient (Wildman–Crippen LogP) is 1.78. The highest BCUT2D eigenvalue weighted by Gasteiger charge is 2.26. The van der Waals surface area contributed by atoms with Crippen molar-refractivity contribution in [2.45, 2.75) is 12.3 Å². The molecule has 1 atom stereocenters. The molecule has 0 aromatic heterocycles. The second-order valence-corrected chi connectivity index (χ2v) is 4.08. The molecule has 2 N–H and O–H groups in total. The molecule has 0 fully saturated rings. The number of carbonyl (C=O) groups excluding carboxylic acids is 1. The monoisotopic (exact) mass is 238 g/mol. The molecule has 67 valence electrons. The van der Waals surface area contributed by atoms with Gasteiger partial charge in [-0.3, -0.25) is 4.79 Å². The molecule has 1 aromatic carbocycles. The number of fused-ring (bicyclic) bond motifs is 1. The van der Waals surface area contributed by atoms with Crippen LogP contribution in [0, 0.1) is 6.42 Å². The molecule has 0 bridgehead atoms. The summed E-state index contributed by atoms with van der Waals surface area (Å²) >= 11 is 3.39. The summed E-state index contributed by atoms with van der Waals surface area (Å²) in [7, 11) is 0. The van der Waals surface area contributed by atoms with Gasteiger partial charge in [0.25, 0.3) is 0 Å². The van der Waals surface area contributed by atoms with Crippen LogP contribution in [0.15, 0.2) is 22.7 Å². The van der Waals surface area contributed by atoms with Gasteiger partial charge < -0.3 is 5.73 Å². The van der Waals surface area contributed by atoms with Gasteiger partial charge in [-0.1, -0.05) is 22.0 Å². The third kappa shape index (κ3) is 1.48. The van der Waals surface area contributed by atoms with Gasteiger partial charge in [0, 0.05) is 4.47 Å². The number of rotatable bonds is 1. The zero-order valence-electron chi connectivity index (χ0n) is 6.96. The first-order valence-electron chi connectivity index (χ1n) is 4.09. The van der Waals surface area contributed by atoms with Crippen LogP contribution in [-0.2, 0) is 11.2 Å². The smallest absolute Gasteiger partial charge is 0.225 e. The minimum Gasteiger partial charge on any atom is -0.369 e. The first kappa shape index (κ1) is 8.75. The predicted molar refractivity (Wildman–Crippen MR) is 54.1 cm³/mol. The van der Waals surface area contributed by atoms with Crippen molar-refractivity contribution >= 4 is 21.8 Å². The number of hydrogen-bond donors (Lipinski definition) is 1. The largest absolute Gasteiger partial charge is 0.369 e. The molecule has 1 amide bonds. The van der Waals surface area contributed by atoms with Gasteiger partial charge in [0.1, 0.15) is 0 Å². The first-order chi connectivity index (χ1) is 6.18. The Hall–Kier alpha value is -0.830. The molecule has 1 aromatic rings. The molecule has 1 radical (unpaired) electrons. The van der Waals surface area contributed by atoms with Crippen LogP contribution in [-0.4, -0.2) is 5.91 Å². The van der Waals surface area contributed by atoms with Gasteiger partial charge in [-0.2, -0.15) is 0 Å². The molecule has 3 heteroatoms.